The smallest absolute Gasteiger partial charge is 0.308 e. The summed E-state index contributed by atoms with van der Waals surface area (Å²) in [6, 6.07) is 0. The number of halogens is 3. The van der Waals surface area contributed by atoms with Crippen molar-refractivity contribution < 1.29 is 18.0 Å². The van der Waals surface area contributed by atoms with Gasteiger partial charge in [0.05, 0.1) is 0 Å². The quantitative estimate of drug-likeness (QED) is 0.491. The molecule has 0 fully saturated rings. The zero-order valence-electron chi connectivity index (χ0n) is 5.70. The monoisotopic (exact) mass is 165 g/mol. The average Bonchev–Trinajstić information content (AvgIpc) is 1.88. The lowest BCUT2D eigenvalue weighted by atomic mass is 10.2. The van der Waals surface area contributed by atoms with Gasteiger partial charge in [-0.15, -0.1) is 0 Å². The van der Waals surface area contributed by atoms with Crippen molar-refractivity contribution in [1.29, 1.82) is 5.41 Å². The maximum Gasteiger partial charge on any atom is 0.454 e. The average molecular weight is 165 g/mol. The minimum absolute atomic E-state index is 0.385. The number of hydrogen-bond acceptors (Lipinski definition) is 2. The van der Waals surface area contributed by atoms with E-state index in [9.17, 15) is 18.0 Å². The topological polar surface area (TPSA) is 40.9 Å². The van der Waals surface area contributed by atoms with E-state index < -0.39 is 17.5 Å². The number of alkyl halides is 3. The number of nitrogens with one attached hydrogen (secondary N) is 1. The van der Waals surface area contributed by atoms with Gasteiger partial charge in [0, 0.05) is 11.8 Å². The fourth-order valence-electron chi connectivity index (χ4n) is 0.444. The molecule has 0 heterocycles. The van der Waals surface area contributed by atoms with Crippen LogP contribution in [0.15, 0.2) is 11.6 Å². The predicted molar refractivity (Wildman–Crippen MR) is 33.6 cm³/mol. The molecule has 0 atom stereocenters. The fraction of sp³-hybridized carbons (Fsp3) is 0.333. The lowest BCUT2D eigenvalue weighted by Gasteiger charge is -2.03. The number of Topliss-reactive ketones (excluding diaryl/α,β-unsaturated/α-hetero) is 1. The molecule has 0 saturated carbocycles. The molecule has 0 saturated heterocycles. The molecule has 0 aromatic rings. The minimum Gasteiger partial charge on any atom is -0.308 e. The largest absolute Gasteiger partial charge is 0.454 e. The van der Waals surface area contributed by atoms with E-state index in [0.717, 1.165) is 6.08 Å². The van der Waals surface area contributed by atoms with Gasteiger partial charge >= 0.3 is 6.18 Å². The summed E-state index contributed by atoms with van der Waals surface area (Å²) in [5.41, 5.74) is -0.641. The van der Waals surface area contributed by atoms with Crippen LogP contribution in [0.5, 0.6) is 0 Å². The number of rotatable bonds is 2. The van der Waals surface area contributed by atoms with E-state index in [0.29, 0.717) is 6.21 Å². The van der Waals surface area contributed by atoms with Crippen molar-refractivity contribution in [2.75, 3.05) is 0 Å². The van der Waals surface area contributed by atoms with Crippen molar-refractivity contribution in [3.63, 3.8) is 0 Å². The van der Waals surface area contributed by atoms with Crippen LogP contribution in [0.2, 0.25) is 0 Å². The Bertz CT molecular complexity index is 204. The van der Waals surface area contributed by atoms with Crippen LogP contribution < -0.4 is 0 Å². The second-order valence-electron chi connectivity index (χ2n) is 1.72. The SMILES string of the molecule is C/C=C(\C=N)C(=O)C(F)(F)F. The Balaban J connectivity index is 4.62. The molecule has 0 rings (SSSR count). The van der Waals surface area contributed by atoms with Crippen LogP contribution in [0.25, 0.3) is 0 Å². The lowest BCUT2D eigenvalue weighted by Crippen LogP contribution is -2.24. The summed E-state index contributed by atoms with van der Waals surface area (Å²) < 4.78 is 34.7. The van der Waals surface area contributed by atoms with Crippen LogP contribution in [-0.4, -0.2) is 18.2 Å². The van der Waals surface area contributed by atoms with Gasteiger partial charge in [0.15, 0.2) is 0 Å². The van der Waals surface area contributed by atoms with Crippen molar-refractivity contribution >= 4 is 12.0 Å². The minimum atomic E-state index is -4.88. The Labute approximate surface area is 61.2 Å². The molecular weight excluding hydrogens is 159 g/mol. The van der Waals surface area contributed by atoms with Gasteiger partial charge in [-0.1, -0.05) is 6.08 Å². The van der Waals surface area contributed by atoms with Gasteiger partial charge in [0.2, 0.25) is 0 Å². The van der Waals surface area contributed by atoms with E-state index >= 15 is 0 Å². The first-order valence-corrected chi connectivity index (χ1v) is 2.71. The summed E-state index contributed by atoms with van der Waals surface area (Å²) >= 11 is 0. The highest BCUT2D eigenvalue weighted by Crippen LogP contribution is 2.19. The first-order chi connectivity index (χ1) is 4.93. The predicted octanol–water partition coefficient (Wildman–Crippen LogP) is 1.71. The first kappa shape index (κ1) is 9.87. The van der Waals surface area contributed by atoms with Crippen molar-refractivity contribution in [3.8, 4) is 0 Å². The van der Waals surface area contributed by atoms with Crippen molar-refractivity contribution in [2.45, 2.75) is 13.1 Å². The third kappa shape index (κ3) is 2.53. The highest BCUT2D eigenvalue weighted by Gasteiger charge is 2.39. The Morgan fingerprint density at radius 1 is 1.45 bits per heavy atom. The molecule has 5 heteroatoms. The van der Waals surface area contributed by atoms with Gasteiger partial charge < -0.3 is 5.41 Å². The van der Waals surface area contributed by atoms with E-state index in [2.05, 4.69) is 0 Å². The Morgan fingerprint density at radius 3 is 2.00 bits per heavy atom. The van der Waals surface area contributed by atoms with Gasteiger partial charge in [-0.3, -0.25) is 4.79 Å². The lowest BCUT2D eigenvalue weighted by molar-refractivity contribution is -0.165. The van der Waals surface area contributed by atoms with Crippen LogP contribution in [0, 0.1) is 5.41 Å². The third-order valence-corrected chi connectivity index (χ3v) is 0.986. The van der Waals surface area contributed by atoms with Gasteiger partial charge in [-0.25, -0.2) is 0 Å². The molecule has 2 nitrogen and oxygen atoms in total. The molecule has 0 bridgehead atoms. The zero-order valence-corrected chi connectivity index (χ0v) is 5.70. The van der Waals surface area contributed by atoms with Crippen molar-refractivity contribution in [2.24, 2.45) is 0 Å². The summed E-state index contributed by atoms with van der Waals surface area (Å²) in [4.78, 5) is 10.3. The zero-order chi connectivity index (χ0) is 9.07. The van der Waals surface area contributed by atoms with E-state index in [1.807, 2.05) is 0 Å². The van der Waals surface area contributed by atoms with Gasteiger partial charge in [-0.05, 0) is 6.92 Å². The molecule has 0 aromatic carbocycles. The number of ketones is 1. The maximum absolute atomic E-state index is 11.6. The summed E-state index contributed by atoms with van der Waals surface area (Å²) in [7, 11) is 0. The molecule has 0 spiro atoms. The van der Waals surface area contributed by atoms with Gasteiger partial charge in [0.1, 0.15) is 0 Å². The number of allylic oxidation sites excluding steroid dienone is 2. The van der Waals surface area contributed by atoms with Gasteiger partial charge in [-0.2, -0.15) is 13.2 Å². The van der Waals surface area contributed by atoms with Crippen LogP contribution in [-0.2, 0) is 4.79 Å². The summed E-state index contributed by atoms with van der Waals surface area (Å²) in [6.07, 6.45) is -3.54. The maximum atomic E-state index is 11.6. The molecule has 0 aromatic heterocycles. The van der Waals surface area contributed by atoms with Crippen LogP contribution >= 0.6 is 0 Å². The number of carbonyl (C=O) groups is 1. The van der Waals surface area contributed by atoms with Gasteiger partial charge in [0.25, 0.3) is 5.78 Å². The molecule has 0 unspecified atom stereocenters. The highest BCUT2D eigenvalue weighted by atomic mass is 19.4. The molecule has 0 radical (unpaired) electrons. The Kier molecular flexibility index (Phi) is 2.98. The molecule has 0 aliphatic rings. The molecule has 0 amide bonds. The van der Waals surface area contributed by atoms with Crippen molar-refractivity contribution in [1.82, 2.24) is 0 Å². The molecule has 0 aliphatic heterocycles. The third-order valence-electron chi connectivity index (χ3n) is 0.986. The van der Waals surface area contributed by atoms with E-state index in [1.165, 1.54) is 6.92 Å². The second-order valence-corrected chi connectivity index (χ2v) is 1.72. The molecule has 1 N–H and O–H groups in total. The number of carbonyl (C=O) groups excluding carboxylic acids is 1. The summed E-state index contributed by atoms with van der Waals surface area (Å²) in [5.74, 6) is -1.98. The highest BCUT2D eigenvalue weighted by molar-refractivity contribution is 6.14. The van der Waals surface area contributed by atoms with E-state index in [4.69, 9.17) is 5.41 Å². The fourth-order valence-corrected chi connectivity index (χ4v) is 0.444. The van der Waals surface area contributed by atoms with Crippen molar-refractivity contribution in [3.05, 3.63) is 11.6 Å². The van der Waals surface area contributed by atoms with E-state index in [-0.39, 0.29) is 0 Å². The van der Waals surface area contributed by atoms with E-state index in [1.54, 1.807) is 0 Å². The Morgan fingerprint density at radius 2 is 1.91 bits per heavy atom. The number of hydrogen-bond donors (Lipinski definition) is 1. The summed E-state index contributed by atoms with van der Waals surface area (Å²) in [5, 5.41) is 6.46. The normalized spacial score (nSPS) is 12.9. The van der Waals surface area contributed by atoms with Crippen LogP contribution in [0.3, 0.4) is 0 Å². The molecule has 62 valence electrons. The molecule has 0 aliphatic carbocycles. The first-order valence-electron chi connectivity index (χ1n) is 2.71. The standard InChI is InChI=1S/C6H6F3NO/c1-2-4(3-10)5(11)6(7,8)9/h2-3,10H,1H3/b4-2+,10-3?. The summed E-state index contributed by atoms with van der Waals surface area (Å²) in [6.45, 7) is 1.27. The Hall–Kier alpha value is -1.13. The van der Waals surface area contributed by atoms with Crippen LogP contribution in [0.1, 0.15) is 6.92 Å². The molecule has 11 heavy (non-hydrogen) atoms. The van der Waals surface area contributed by atoms with Crippen LogP contribution in [0.4, 0.5) is 13.2 Å². The second kappa shape index (κ2) is 3.32. The molecular formula is C6H6F3NO.